The van der Waals surface area contributed by atoms with Crippen molar-refractivity contribution in [2.24, 2.45) is 0 Å². The van der Waals surface area contributed by atoms with Gasteiger partial charge in [0.05, 0.1) is 14.2 Å². The molecule has 2 atom stereocenters. The highest BCUT2D eigenvalue weighted by Gasteiger charge is 2.46. The molecule has 0 radical (unpaired) electrons. The highest BCUT2D eigenvalue weighted by atomic mass is 16.6. The molecule has 108 valence electrons. The van der Waals surface area contributed by atoms with Crippen LogP contribution in [-0.2, 0) is 4.74 Å². The van der Waals surface area contributed by atoms with E-state index in [-0.39, 0.29) is 11.9 Å². The largest absolute Gasteiger partial charge is 0.497 e. The minimum atomic E-state index is -0.396. The molecule has 0 aliphatic carbocycles. The predicted molar refractivity (Wildman–Crippen MR) is 77.9 cm³/mol. The average Bonchev–Trinajstić information content (AvgIpc) is 3.35. The summed E-state index contributed by atoms with van der Waals surface area (Å²) in [5.41, 5.74) is 1.62. The summed E-state index contributed by atoms with van der Waals surface area (Å²) in [5, 5.41) is 0. The van der Waals surface area contributed by atoms with Crippen LogP contribution in [0.2, 0.25) is 0 Å². The molecule has 2 aromatic rings. The zero-order valence-electron chi connectivity index (χ0n) is 11.9. The number of ketones is 1. The van der Waals surface area contributed by atoms with Crippen molar-refractivity contribution in [2.75, 3.05) is 14.2 Å². The Morgan fingerprint density at radius 2 is 1.43 bits per heavy atom. The van der Waals surface area contributed by atoms with Crippen LogP contribution in [0.4, 0.5) is 0 Å². The summed E-state index contributed by atoms with van der Waals surface area (Å²) in [7, 11) is 3.22. The zero-order valence-corrected chi connectivity index (χ0v) is 11.9. The predicted octanol–water partition coefficient (Wildman–Crippen LogP) is 3.03. The van der Waals surface area contributed by atoms with Crippen molar-refractivity contribution in [1.82, 2.24) is 0 Å². The molecule has 0 bridgehead atoms. The van der Waals surface area contributed by atoms with E-state index in [0.717, 1.165) is 17.1 Å². The standard InChI is InChI=1S/C17H16O4/c1-19-13-7-3-11(4-8-13)15(18)17-16(21-17)12-5-9-14(20-2)10-6-12/h3-10,16-17H,1-2H3/t16-,17+/m0/s1. The summed E-state index contributed by atoms with van der Waals surface area (Å²) in [6.45, 7) is 0. The van der Waals surface area contributed by atoms with Crippen LogP contribution in [0.25, 0.3) is 0 Å². The maximum Gasteiger partial charge on any atom is 0.194 e. The molecule has 0 N–H and O–H groups in total. The summed E-state index contributed by atoms with van der Waals surface area (Å²) < 4.78 is 15.7. The third kappa shape index (κ3) is 2.76. The molecule has 1 aliphatic heterocycles. The van der Waals surface area contributed by atoms with Crippen LogP contribution in [0, 0.1) is 0 Å². The molecule has 1 aliphatic rings. The quantitative estimate of drug-likeness (QED) is 0.625. The number of hydrogen-bond donors (Lipinski definition) is 0. The van der Waals surface area contributed by atoms with E-state index in [9.17, 15) is 4.79 Å². The fraction of sp³-hybridized carbons (Fsp3) is 0.235. The maximum atomic E-state index is 12.3. The first-order valence-electron chi connectivity index (χ1n) is 6.70. The van der Waals surface area contributed by atoms with Gasteiger partial charge in [-0.25, -0.2) is 0 Å². The van der Waals surface area contributed by atoms with Gasteiger partial charge in [0, 0.05) is 5.56 Å². The molecule has 0 saturated carbocycles. The van der Waals surface area contributed by atoms with Crippen LogP contribution in [0.5, 0.6) is 11.5 Å². The molecule has 0 unspecified atom stereocenters. The number of rotatable bonds is 5. The van der Waals surface area contributed by atoms with Crippen molar-refractivity contribution in [1.29, 1.82) is 0 Å². The number of Topliss-reactive ketones (excluding diaryl/α,β-unsaturated/α-hetero) is 1. The first kappa shape index (κ1) is 13.6. The number of carbonyl (C=O) groups excluding carboxylic acids is 1. The minimum Gasteiger partial charge on any atom is -0.497 e. The maximum absolute atomic E-state index is 12.3. The molecule has 1 fully saturated rings. The lowest BCUT2D eigenvalue weighted by Crippen LogP contribution is -2.08. The van der Waals surface area contributed by atoms with Gasteiger partial charge in [-0.2, -0.15) is 0 Å². The molecule has 0 aromatic heterocycles. The van der Waals surface area contributed by atoms with Gasteiger partial charge >= 0.3 is 0 Å². The van der Waals surface area contributed by atoms with Gasteiger partial charge in [0.2, 0.25) is 0 Å². The van der Waals surface area contributed by atoms with Crippen molar-refractivity contribution in [3.8, 4) is 11.5 Å². The molecule has 1 heterocycles. The van der Waals surface area contributed by atoms with Crippen LogP contribution in [0.1, 0.15) is 22.0 Å². The molecule has 3 rings (SSSR count). The number of hydrogen-bond acceptors (Lipinski definition) is 4. The van der Waals surface area contributed by atoms with E-state index in [2.05, 4.69) is 0 Å². The summed E-state index contributed by atoms with van der Waals surface area (Å²) in [5.74, 6) is 1.52. The fourth-order valence-corrected chi connectivity index (χ4v) is 2.28. The molecule has 2 aromatic carbocycles. The number of epoxide rings is 1. The van der Waals surface area contributed by atoms with Crippen molar-refractivity contribution in [3.63, 3.8) is 0 Å². The highest BCUT2D eigenvalue weighted by molar-refractivity contribution is 6.01. The molecule has 21 heavy (non-hydrogen) atoms. The molecule has 0 amide bonds. The van der Waals surface area contributed by atoms with Crippen LogP contribution < -0.4 is 9.47 Å². The Labute approximate surface area is 123 Å². The van der Waals surface area contributed by atoms with E-state index in [0.29, 0.717) is 5.56 Å². The van der Waals surface area contributed by atoms with E-state index >= 15 is 0 Å². The Hall–Kier alpha value is -2.33. The number of benzene rings is 2. The Bertz CT molecular complexity index is 631. The van der Waals surface area contributed by atoms with Gasteiger partial charge in [0.1, 0.15) is 17.6 Å². The fourth-order valence-electron chi connectivity index (χ4n) is 2.28. The van der Waals surface area contributed by atoms with E-state index in [1.54, 1.807) is 38.5 Å². The third-order valence-corrected chi connectivity index (χ3v) is 3.57. The molecule has 0 spiro atoms. The second-order valence-corrected chi connectivity index (χ2v) is 4.84. The van der Waals surface area contributed by atoms with Crippen LogP contribution in [-0.4, -0.2) is 26.1 Å². The van der Waals surface area contributed by atoms with E-state index in [4.69, 9.17) is 14.2 Å². The highest BCUT2D eigenvalue weighted by Crippen LogP contribution is 2.41. The zero-order chi connectivity index (χ0) is 14.8. The second kappa shape index (κ2) is 5.58. The van der Waals surface area contributed by atoms with Gasteiger partial charge in [-0.3, -0.25) is 4.79 Å². The van der Waals surface area contributed by atoms with E-state index in [1.807, 2.05) is 24.3 Å². The molecule has 4 nitrogen and oxygen atoms in total. The van der Waals surface area contributed by atoms with Gasteiger partial charge in [-0.1, -0.05) is 12.1 Å². The lowest BCUT2D eigenvalue weighted by molar-refractivity contribution is 0.0953. The van der Waals surface area contributed by atoms with Crippen LogP contribution >= 0.6 is 0 Å². The lowest BCUT2D eigenvalue weighted by atomic mass is 10.0. The normalized spacial score (nSPS) is 19.9. The monoisotopic (exact) mass is 284 g/mol. The molecule has 1 saturated heterocycles. The second-order valence-electron chi connectivity index (χ2n) is 4.84. The summed E-state index contributed by atoms with van der Waals surface area (Å²) in [4.78, 5) is 12.3. The van der Waals surface area contributed by atoms with Gasteiger partial charge in [-0.15, -0.1) is 0 Å². The van der Waals surface area contributed by atoms with Crippen LogP contribution in [0.3, 0.4) is 0 Å². The average molecular weight is 284 g/mol. The summed E-state index contributed by atoms with van der Waals surface area (Å²) >= 11 is 0. The van der Waals surface area contributed by atoms with Crippen LogP contribution in [0.15, 0.2) is 48.5 Å². The van der Waals surface area contributed by atoms with Gasteiger partial charge in [-0.05, 0) is 42.0 Å². The summed E-state index contributed by atoms with van der Waals surface area (Å²) in [6, 6.07) is 14.6. The topological polar surface area (TPSA) is 48.1 Å². The Morgan fingerprint density at radius 1 is 0.905 bits per heavy atom. The minimum absolute atomic E-state index is 0.00142. The first-order valence-corrected chi connectivity index (χ1v) is 6.70. The number of ether oxygens (including phenoxy) is 3. The van der Waals surface area contributed by atoms with Crippen molar-refractivity contribution >= 4 is 5.78 Å². The third-order valence-electron chi connectivity index (χ3n) is 3.57. The van der Waals surface area contributed by atoms with Crippen molar-refractivity contribution in [3.05, 3.63) is 59.7 Å². The molecular formula is C17H16O4. The molecule has 4 heteroatoms. The number of carbonyl (C=O) groups is 1. The van der Waals surface area contributed by atoms with E-state index in [1.165, 1.54) is 0 Å². The Morgan fingerprint density at radius 3 is 1.95 bits per heavy atom. The number of methoxy groups -OCH3 is 2. The van der Waals surface area contributed by atoms with Gasteiger partial charge in [0.25, 0.3) is 0 Å². The SMILES string of the molecule is COc1ccc(C(=O)[C@H]2O[C@H]2c2ccc(OC)cc2)cc1. The lowest BCUT2D eigenvalue weighted by Gasteiger charge is -2.02. The first-order chi connectivity index (χ1) is 10.2. The molecular weight excluding hydrogens is 268 g/mol. The van der Waals surface area contributed by atoms with Gasteiger partial charge < -0.3 is 14.2 Å². The van der Waals surface area contributed by atoms with Crippen molar-refractivity contribution < 1.29 is 19.0 Å². The summed E-state index contributed by atoms with van der Waals surface area (Å²) in [6.07, 6.45) is -0.558. The van der Waals surface area contributed by atoms with E-state index < -0.39 is 6.10 Å². The van der Waals surface area contributed by atoms with Crippen molar-refractivity contribution in [2.45, 2.75) is 12.2 Å². The van der Waals surface area contributed by atoms with Gasteiger partial charge in [0.15, 0.2) is 11.9 Å². The Balaban J connectivity index is 1.69. The smallest absolute Gasteiger partial charge is 0.194 e. The Kier molecular flexibility index (Phi) is 3.62.